The second-order valence-corrected chi connectivity index (χ2v) is 7.53. The lowest BCUT2D eigenvalue weighted by molar-refractivity contribution is 0.0751. The van der Waals surface area contributed by atoms with Crippen LogP contribution in [0.1, 0.15) is 27.9 Å². The second-order valence-electron chi connectivity index (χ2n) is 7.53. The van der Waals surface area contributed by atoms with Crippen LogP contribution in [-0.2, 0) is 11.3 Å². The summed E-state index contributed by atoms with van der Waals surface area (Å²) in [5.41, 5.74) is 9.65. The highest BCUT2D eigenvalue weighted by atomic mass is 19.1. The number of fused-ring (bicyclic) bond motifs is 2. The van der Waals surface area contributed by atoms with E-state index in [4.69, 9.17) is 10.5 Å². The molecule has 2 aliphatic heterocycles. The molecule has 150 valence electrons. The van der Waals surface area contributed by atoms with Crippen molar-refractivity contribution >= 4 is 17.2 Å². The van der Waals surface area contributed by atoms with E-state index in [0.29, 0.717) is 36.5 Å². The normalized spacial score (nSPS) is 21.3. The minimum Gasteiger partial charge on any atom is -0.380 e. The Bertz CT molecular complexity index is 1130. The lowest BCUT2D eigenvalue weighted by Gasteiger charge is -2.30. The molecule has 3 aromatic heterocycles. The van der Waals surface area contributed by atoms with E-state index < -0.39 is 5.82 Å². The zero-order valence-corrected chi connectivity index (χ0v) is 15.9. The lowest BCUT2D eigenvalue weighted by Crippen LogP contribution is -2.48. The number of amides is 1. The predicted molar refractivity (Wildman–Crippen MR) is 105 cm³/mol. The fourth-order valence-electron chi connectivity index (χ4n) is 3.95. The van der Waals surface area contributed by atoms with Gasteiger partial charge in [0.15, 0.2) is 11.6 Å². The minimum atomic E-state index is -0.520. The van der Waals surface area contributed by atoms with Crippen LogP contribution < -0.4 is 16.4 Å². The highest BCUT2D eigenvalue weighted by molar-refractivity contribution is 6.05. The molecule has 1 saturated heterocycles. The molecule has 9 heteroatoms. The van der Waals surface area contributed by atoms with Crippen molar-refractivity contribution in [1.82, 2.24) is 19.9 Å². The highest BCUT2D eigenvalue weighted by Gasteiger charge is 2.32. The number of halogens is 1. The molecule has 0 aliphatic carbocycles. The van der Waals surface area contributed by atoms with Crippen LogP contribution in [0.3, 0.4) is 0 Å². The molecule has 3 aromatic rings. The van der Waals surface area contributed by atoms with Gasteiger partial charge in [-0.1, -0.05) is 0 Å². The standard InChI is InChI=1S/C20H21FN6O2/c1-10-2-4-27-15(6-10)11(8-24-27)18-16-12(7-23-20(16)28)17(21)19(26-18)25-14-3-5-29-9-13(14)22/h2,4,6,8,13-14H,3,5,7,9,22H2,1H3,(H,23,28)(H,25,26). The van der Waals surface area contributed by atoms with Crippen molar-refractivity contribution < 1.29 is 13.9 Å². The number of nitrogens with two attached hydrogens (primary N) is 1. The Balaban J connectivity index is 1.67. The Hall–Kier alpha value is -3.04. The quantitative estimate of drug-likeness (QED) is 0.621. The zero-order chi connectivity index (χ0) is 20.1. The van der Waals surface area contributed by atoms with Crippen molar-refractivity contribution in [2.75, 3.05) is 18.5 Å². The van der Waals surface area contributed by atoms with Crippen LogP contribution in [0.15, 0.2) is 24.5 Å². The first-order valence-electron chi connectivity index (χ1n) is 9.57. The molecule has 5 rings (SSSR count). The van der Waals surface area contributed by atoms with Crippen LogP contribution in [0.25, 0.3) is 16.8 Å². The molecule has 2 aliphatic rings. The molecule has 0 saturated carbocycles. The largest absolute Gasteiger partial charge is 0.380 e. The Morgan fingerprint density at radius 3 is 3.14 bits per heavy atom. The zero-order valence-electron chi connectivity index (χ0n) is 15.9. The summed E-state index contributed by atoms with van der Waals surface area (Å²) in [6.45, 7) is 3.07. The number of ether oxygens (including phenoxy) is 1. The predicted octanol–water partition coefficient (Wildman–Crippen LogP) is 1.62. The number of pyridine rings is 2. The molecule has 4 N–H and O–H groups in total. The summed E-state index contributed by atoms with van der Waals surface area (Å²) >= 11 is 0. The first-order chi connectivity index (χ1) is 14.0. The molecule has 1 amide bonds. The third kappa shape index (κ3) is 2.93. The molecule has 0 aromatic carbocycles. The van der Waals surface area contributed by atoms with E-state index in [1.54, 1.807) is 10.7 Å². The first-order valence-corrected chi connectivity index (χ1v) is 9.57. The summed E-state index contributed by atoms with van der Waals surface area (Å²) in [5, 5.41) is 10.2. The summed E-state index contributed by atoms with van der Waals surface area (Å²) in [6, 6.07) is 3.49. The van der Waals surface area contributed by atoms with Gasteiger partial charge in [0.25, 0.3) is 5.91 Å². The monoisotopic (exact) mass is 396 g/mol. The molecule has 2 unspecified atom stereocenters. The number of rotatable bonds is 3. The second kappa shape index (κ2) is 6.78. The number of hydrogen-bond donors (Lipinski definition) is 3. The van der Waals surface area contributed by atoms with Gasteiger partial charge in [-0.3, -0.25) is 4.79 Å². The van der Waals surface area contributed by atoms with Gasteiger partial charge < -0.3 is 21.1 Å². The fourth-order valence-corrected chi connectivity index (χ4v) is 3.95. The smallest absolute Gasteiger partial charge is 0.254 e. The van der Waals surface area contributed by atoms with E-state index >= 15 is 4.39 Å². The van der Waals surface area contributed by atoms with Crippen LogP contribution in [0.2, 0.25) is 0 Å². The number of nitrogens with zero attached hydrogens (tertiary/aromatic N) is 3. The molecule has 0 spiro atoms. The van der Waals surface area contributed by atoms with E-state index in [9.17, 15) is 4.79 Å². The maximum atomic E-state index is 15.2. The summed E-state index contributed by atoms with van der Waals surface area (Å²) in [4.78, 5) is 17.0. The molecule has 2 atom stereocenters. The third-order valence-electron chi connectivity index (χ3n) is 5.54. The number of hydrogen-bond acceptors (Lipinski definition) is 6. The van der Waals surface area contributed by atoms with Gasteiger partial charge >= 0.3 is 0 Å². The Kier molecular flexibility index (Phi) is 4.21. The van der Waals surface area contributed by atoms with Crippen molar-refractivity contribution in [1.29, 1.82) is 0 Å². The van der Waals surface area contributed by atoms with Crippen LogP contribution in [0.5, 0.6) is 0 Å². The highest BCUT2D eigenvalue weighted by Crippen LogP contribution is 2.35. The average molecular weight is 396 g/mol. The summed E-state index contributed by atoms with van der Waals surface area (Å²) in [7, 11) is 0. The van der Waals surface area contributed by atoms with E-state index in [-0.39, 0.29) is 35.9 Å². The number of aryl methyl sites for hydroxylation is 1. The van der Waals surface area contributed by atoms with E-state index in [1.807, 2.05) is 25.3 Å². The number of aromatic nitrogens is 3. The maximum Gasteiger partial charge on any atom is 0.254 e. The van der Waals surface area contributed by atoms with Crippen molar-refractivity contribution in [3.05, 3.63) is 47.0 Å². The number of carbonyl (C=O) groups is 1. The molecular formula is C20H21FN6O2. The Morgan fingerprint density at radius 1 is 1.45 bits per heavy atom. The SMILES string of the molecule is Cc1ccn2ncc(-c3nc(NC4CCOCC4N)c(F)c4c3C(=O)NC4)c2c1. The number of nitrogens with one attached hydrogen (secondary N) is 2. The molecule has 8 nitrogen and oxygen atoms in total. The van der Waals surface area contributed by atoms with E-state index in [0.717, 1.165) is 11.1 Å². The minimum absolute atomic E-state index is 0.101. The first kappa shape index (κ1) is 18.0. The van der Waals surface area contributed by atoms with Gasteiger partial charge in [-0.2, -0.15) is 5.10 Å². The van der Waals surface area contributed by atoms with Crippen molar-refractivity contribution in [3.8, 4) is 11.3 Å². The topological polar surface area (TPSA) is 107 Å². The molecular weight excluding hydrogens is 375 g/mol. The third-order valence-corrected chi connectivity index (χ3v) is 5.54. The van der Waals surface area contributed by atoms with Crippen LogP contribution in [0, 0.1) is 12.7 Å². The molecule has 1 fully saturated rings. The van der Waals surface area contributed by atoms with Gasteiger partial charge in [-0.25, -0.2) is 13.9 Å². The number of anilines is 1. The van der Waals surface area contributed by atoms with Crippen molar-refractivity contribution in [3.63, 3.8) is 0 Å². The molecule has 29 heavy (non-hydrogen) atoms. The van der Waals surface area contributed by atoms with Gasteiger partial charge in [0.05, 0.1) is 29.6 Å². The van der Waals surface area contributed by atoms with Crippen LogP contribution in [0.4, 0.5) is 10.2 Å². The van der Waals surface area contributed by atoms with Crippen molar-refractivity contribution in [2.45, 2.75) is 32.0 Å². The van der Waals surface area contributed by atoms with Crippen LogP contribution in [-0.4, -0.2) is 45.8 Å². The van der Waals surface area contributed by atoms with E-state index in [1.165, 1.54) is 0 Å². The molecule has 0 radical (unpaired) electrons. The van der Waals surface area contributed by atoms with Crippen molar-refractivity contribution in [2.24, 2.45) is 5.73 Å². The van der Waals surface area contributed by atoms with Crippen LogP contribution >= 0.6 is 0 Å². The summed E-state index contributed by atoms with van der Waals surface area (Å²) in [5.74, 6) is -0.749. The average Bonchev–Trinajstić information content (AvgIpc) is 3.30. The van der Waals surface area contributed by atoms with Gasteiger partial charge in [-0.15, -0.1) is 0 Å². The summed E-state index contributed by atoms with van der Waals surface area (Å²) in [6.07, 6.45) is 4.16. The van der Waals surface area contributed by atoms with E-state index in [2.05, 4.69) is 20.7 Å². The lowest BCUT2D eigenvalue weighted by atomic mass is 10.0. The molecule has 5 heterocycles. The van der Waals surface area contributed by atoms with Gasteiger partial charge in [0.1, 0.15) is 0 Å². The van der Waals surface area contributed by atoms with Gasteiger partial charge in [0, 0.05) is 42.6 Å². The fraction of sp³-hybridized carbons (Fsp3) is 0.350. The Morgan fingerprint density at radius 2 is 2.31 bits per heavy atom. The molecule has 0 bridgehead atoms. The van der Waals surface area contributed by atoms with Gasteiger partial charge in [-0.05, 0) is 31.0 Å². The number of carbonyl (C=O) groups excluding carboxylic acids is 1. The van der Waals surface area contributed by atoms with Gasteiger partial charge in [0.2, 0.25) is 0 Å². The Labute approximate surface area is 166 Å². The summed E-state index contributed by atoms with van der Waals surface area (Å²) < 4.78 is 22.3. The maximum absolute atomic E-state index is 15.2.